The van der Waals surface area contributed by atoms with Crippen LogP contribution in [0.5, 0.6) is 0 Å². The third-order valence-corrected chi connectivity index (χ3v) is 12.7. The second-order valence-electron chi connectivity index (χ2n) is 17.4. The van der Waals surface area contributed by atoms with Crippen molar-refractivity contribution < 1.29 is 41.8 Å². The normalized spacial score (nSPS) is 23.8. The molecule has 2 saturated carbocycles. The zero-order valence-corrected chi connectivity index (χ0v) is 35.8. The Morgan fingerprint density at radius 1 is 0.985 bits per heavy atom. The Kier molecular flexibility index (Phi) is 13.5. The molecule has 342 valence electrons. The van der Waals surface area contributed by atoms with E-state index in [1.165, 1.54) is 30.2 Å². The minimum absolute atomic E-state index is 0.00582. The van der Waals surface area contributed by atoms with Crippen molar-refractivity contribution in [2.45, 2.75) is 82.1 Å². The Bertz CT molecular complexity index is 2440. The molecule has 3 atom stereocenters. The number of oxazole rings is 1. The van der Waals surface area contributed by atoms with Gasteiger partial charge in [-0.1, -0.05) is 24.0 Å². The van der Waals surface area contributed by atoms with Gasteiger partial charge in [0.05, 0.1) is 37.5 Å². The molecule has 2 aliphatic carbocycles. The lowest BCUT2D eigenvalue weighted by molar-refractivity contribution is -0.136. The van der Waals surface area contributed by atoms with Gasteiger partial charge in [0, 0.05) is 56.1 Å². The number of nitrogens with zero attached hydrogens (tertiary/aromatic N) is 6. The maximum Gasteiger partial charge on any atom is 0.411 e. The van der Waals surface area contributed by atoms with Crippen LogP contribution in [0, 0.1) is 23.7 Å². The molecule has 0 spiro atoms. The van der Waals surface area contributed by atoms with Gasteiger partial charge >= 0.3 is 6.09 Å². The molecule has 17 nitrogen and oxygen atoms in total. The molecular weight excluding hydrogens is 843 g/mol. The van der Waals surface area contributed by atoms with Gasteiger partial charge in [0.1, 0.15) is 24.2 Å². The molecule has 4 N–H and O–H groups in total. The summed E-state index contributed by atoms with van der Waals surface area (Å²) in [6.07, 6.45) is 6.54. The number of cyclic esters (lactones) is 1. The Hall–Kier alpha value is -6.23. The van der Waals surface area contributed by atoms with Crippen LogP contribution in [-0.4, -0.2) is 118 Å². The quantitative estimate of drug-likeness (QED) is 0.0885. The summed E-state index contributed by atoms with van der Waals surface area (Å²) in [5, 5.41) is 16.0. The van der Waals surface area contributed by atoms with Crippen LogP contribution >= 0.6 is 0 Å². The molecule has 1 aromatic carbocycles. The highest BCUT2D eigenvalue weighted by Crippen LogP contribution is 2.35. The Morgan fingerprint density at radius 2 is 1.82 bits per heavy atom. The number of rotatable bonds is 15. The van der Waals surface area contributed by atoms with E-state index < -0.39 is 42.2 Å². The molecule has 9 rings (SSSR count). The predicted molar refractivity (Wildman–Crippen MR) is 232 cm³/mol. The highest BCUT2D eigenvalue weighted by molar-refractivity contribution is 6.03. The summed E-state index contributed by atoms with van der Waals surface area (Å²) >= 11 is 0. The molecule has 19 heteroatoms. The van der Waals surface area contributed by atoms with Gasteiger partial charge in [-0.25, -0.2) is 23.5 Å². The number of imide groups is 1. The standard InChI is InChI=1S/C46H52F2N10O7/c47-42(48)41-35(52-43(60)36-27-64-45(53-36)32-14-15-50-39(20-32)51-22-30-6-7-30)25-58(55-41)33-10-8-29(9-11-33)21-49-23-34-24-56(17-18-63-34)16-2-4-28-3-1-5-31(19-28)38-26-57(46(62)65-38)37-12-13-40(59)54-44(37)61/h1,3,5,14-15,19-20,25,27,29-30,33-34,37-38,42,49H,6-13,16-18,21-24,26H2,(H,50,51)(H,52,60)(H,54,59,61)/t29?,33?,34-,37?,38+/m0/s1. The predicted octanol–water partition coefficient (Wildman–Crippen LogP) is 5.32. The molecular formula is C46H52F2N10O7. The number of amides is 4. The molecule has 4 amide bonds. The van der Waals surface area contributed by atoms with Crippen molar-refractivity contribution >= 4 is 35.3 Å². The van der Waals surface area contributed by atoms with Gasteiger partial charge in [-0.05, 0) is 93.2 Å². The lowest BCUT2D eigenvalue weighted by atomic mass is 9.86. The Balaban J connectivity index is 0.703. The van der Waals surface area contributed by atoms with Gasteiger partial charge in [-0.2, -0.15) is 5.10 Å². The molecule has 0 radical (unpaired) electrons. The fourth-order valence-corrected chi connectivity index (χ4v) is 8.85. The number of aromatic nitrogens is 4. The summed E-state index contributed by atoms with van der Waals surface area (Å²) in [6.45, 7) is 5.22. The molecule has 3 saturated heterocycles. The van der Waals surface area contributed by atoms with E-state index in [0.717, 1.165) is 63.0 Å². The third-order valence-electron chi connectivity index (χ3n) is 12.7. The van der Waals surface area contributed by atoms with E-state index in [0.29, 0.717) is 42.9 Å². The van der Waals surface area contributed by atoms with Crippen molar-refractivity contribution in [1.82, 2.24) is 40.2 Å². The largest absolute Gasteiger partial charge is 0.444 e. The van der Waals surface area contributed by atoms with Crippen molar-refractivity contribution in [2.75, 3.05) is 63.1 Å². The first-order valence-corrected chi connectivity index (χ1v) is 22.4. The van der Waals surface area contributed by atoms with Crippen LogP contribution < -0.4 is 21.3 Å². The maximum absolute atomic E-state index is 14.2. The number of halogens is 2. The van der Waals surface area contributed by atoms with Crippen molar-refractivity contribution in [3.63, 3.8) is 0 Å². The zero-order valence-electron chi connectivity index (χ0n) is 35.8. The molecule has 4 aromatic rings. The zero-order chi connectivity index (χ0) is 44.9. The van der Waals surface area contributed by atoms with Gasteiger partial charge < -0.3 is 29.8 Å². The van der Waals surface area contributed by atoms with Crippen molar-refractivity contribution in [3.05, 3.63) is 77.6 Å². The van der Waals surface area contributed by atoms with Gasteiger partial charge in [-0.15, -0.1) is 0 Å². The first-order valence-electron chi connectivity index (χ1n) is 22.4. The van der Waals surface area contributed by atoms with Gasteiger partial charge in [-0.3, -0.25) is 34.2 Å². The number of pyridine rings is 1. The van der Waals surface area contributed by atoms with E-state index in [-0.39, 0.29) is 54.7 Å². The number of anilines is 2. The van der Waals surface area contributed by atoms with Gasteiger partial charge in [0.2, 0.25) is 17.7 Å². The molecule has 5 fully saturated rings. The number of nitrogens with one attached hydrogen (secondary N) is 4. The van der Waals surface area contributed by atoms with Crippen molar-refractivity contribution in [3.8, 4) is 23.3 Å². The molecule has 5 aliphatic rings. The van der Waals surface area contributed by atoms with Gasteiger partial charge in [0.15, 0.2) is 11.4 Å². The van der Waals surface area contributed by atoms with Crippen LogP contribution in [0.2, 0.25) is 0 Å². The SMILES string of the molecule is O=C1CCC(N2C[C@H](c3cccc(C#CCN4CCO[C@@H](CNCC5CCC(n6cc(NC(=O)c7coc(-c8ccnc(NCC9CC9)c8)n7)c(C(F)F)n6)CC5)C4)c3)OC2=O)C(=O)N1. The molecule has 1 unspecified atom stereocenters. The van der Waals surface area contributed by atoms with E-state index in [1.807, 2.05) is 24.3 Å². The van der Waals surface area contributed by atoms with E-state index in [4.69, 9.17) is 13.9 Å². The number of carbonyl (C=O) groups is 4. The molecule has 65 heavy (non-hydrogen) atoms. The summed E-state index contributed by atoms with van der Waals surface area (Å²) in [4.78, 5) is 62.0. The monoisotopic (exact) mass is 894 g/mol. The van der Waals surface area contributed by atoms with Gasteiger partial charge in [0.25, 0.3) is 12.3 Å². The summed E-state index contributed by atoms with van der Waals surface area (Å²) in [7, 11) is 0. The molecule has 0 bridgehead atoms. The maximum atomic E-state index is 14.2. The topological polar surface area (TPSA) is 198 Å². The number of carbonyl (C=O) groups excluding carboxylic acids is 4. The Morgan fingerprint density at radius 3 is 2.63 bits per heavy atom. The fourth-order valence-electron chi connectivity index (χ4n) is 8.85. The summed E-state index contributed by atoms with van der Waals surface area (Å²) in [5.74, 6) is 7.01. The van der Waals surface area contributed by atoms with Crippen LogP contribution in [-0.2, 0) is 19.1 Å². The first kappa shape index (κ1) is 44.0. The highest BCUT2D eigenvalue weighted by Gasteiger charge is 2.42. The average molecular weight is 895 g/mol. The van der Waals surface area contributed by atoms with Crippen LogP contribution in [0.1, 0.15) is 97.2 Å². The minimum Gasteiger partial charge on any atom is -0.444 e. The van der Waals surface area contributed by atoms with E-state index in [2.05, 4.69) is 53.1 Å². The first-order chi connectivity index (χ1) is 31.6. The van der Waals surface area contributed by atoms with Crippen LogP contribution in [0.3, 0.4) is 0 Å². The number of benzene rings is 1. The Labute approximate surface area is 374 Å². The number of morpholine rings is 1. The molecule has 3 aliphatic heterocycles. The number of piperidine rings is 1. The summed E-state index contributed by atoms with van der Waals surface area (Å²) in [5.41, 5.74) is 1.64. The fraction of sp³-hybridized carbons (Fsp3) is 0.500. The summed E-state index contributed by atoms with van der Waals surface area (Å²) in [6, 6.07) is 10.3. The number of alkyl halides is 2. The smallest absolute Gasteiger partial charge is 0.411 e. The number of hydrogen-bond donors (Lipinski definition) is 4. The van der Waals surface area contributed by atoms with Crippen molar-refractivity contribution in [1.29, 1.82) is 0 Å². The highest BCUT2D eigenvalue weighted by atomic mass is 19.3. The molecule has 6 heterocycles. The van der Waals surface area contributed by atoms with Crippen LogP contribution in [0.25, 0.3) is 11.5 Å². The van der Waals surface area contributed by atoms with Crippen molar-refractivity contribution in [2.24, 2.45) is 11.8 Å². The number of hydrogen-bond acceptors (Lipinski definition) is 13. The summed E-state index contributed by atoms with van der Waals surface area (Å²) < 4.78 is 47.1. The molecule has 3 aromatic heterocycles. The third kappa shape index (κ3) is 11.0. The lowest BCUT2D eigenvalue weighted by Gasteiger charge is -2.33. The van der Waals surface area contributed by atoms with E-state index >= 15 is 0 Å². The number of ether oxygens (including phenoxy) is 2. The average Bonchev–Trinajstić information content (AvgIpc) is 3.62. The second kappa shape index (κ2) is 19.9. The second-order valence-corrected chi connectivity index (χ2v) is 17.4. The van der Waals surface area contributed by atoms with E-state index in [9.17, 15) is 28.0 Å². The van der Waals surface area contributed by atoms with Crippen LogP contribution in [0.15, 0.2) is 59.5 Å². The lowest BCUT2D eigenvalue weighted by Crippen LogP contribution is -2.52. The van der Waals surface area contributed by atoms with Crippen LogP contribution in [0.4, 0.5) is 25.1 Å². The van der Waals surface area contributed by atoms with E-state index in [1.54, 1.807) is 23.0 Å². The minimum atomic E-state index is -2.88.